The minimum Gasteiger partial charge on any atom is -0.305 e. The highest BCUT2D eigenvalue weighted by Crippen LogP contribution is 2.31. The summed E-state index contributed by atoms with van der Waals surface area (Å²) in [4.78, 5) is 17.7. The third-order valence-corrected chi connectivity index (χ3v) is 4.07. The summed E-state index contributed by atoms with van der Waals surface area (Å²) < 4.78 is 13.9. The van der Waals surface area contributed by atoms with E-state index in [2.05, 4.69) is 4.99 Å². The van der Waals surface area contributed by atoms with Gasteiger partial charge in [-0.3, -0.25) is 9.79 Å². The molecule has 0 fully saturated rings. The summed E-state index contributed by atoms with van der Waals surface area (Å²) in [6.45, 7) is 0.0432. The summed E-state index contributed by atoms with van der Waals surface area (Å²) in [5.74, 6) is -0.412. The van der Waals surface area contributed by atoms with Crippen molar-refractivity contribution in [2.24, 2.45) is 4.99 Å². The van der Waals surface area contributed by atoms with Gasteiger partial charge in [0.15, 0.2) is 0 Å². The summed E-state index contributed by atoms with van der Waals surface area (Å²) in [6, 6.07) is 8.37. The number of likely N-dealkylation sites (N-methyl/N-ethyl adjacent to an activating group) is 1. The van der Waals surface area contributed by atoms with E-state index in [1.165, 1.54) is 17.4 Å². The van der Waals surface area contributed by atoms with Crippen molar-refractivity contribution in [2.45, 2.75) is 0 Å². The molecule has 0 saturated heterocycles. The van der Waals surface area contributed by atoms with Gasteiger partial charge in [0.05, 0.1) is 5.71 Å². The van der Waals surface area contributed by atoms with Crippen LogP contribution in [0.15, 0.2) is 40.7 Å². The number of fused-ring (bicyclic) bond motifs is 1. The number of amides is 1. The lowest BCUT2D eigenvalue weighted by Crippen LogP contribution is -2.26. The van der Waals surface area contributed by atoms with Crippen LogP contribution in [0.5, 0.6) is 0 Å². The van der Waals surface area contributed by atoms with Gasteiger partial charge in [0, 0.05) is 18.2 Å². The van der Waals surface area contributed by atoms with E-state index in [1.807, 2.05) is 11.4 Å². The van der Waals surface area contributed by atoms with Crippen LogP contribution >= 0.6 is 11.3 Å². The first kappa shape index (κ1) is 12.0. The molecule has 96 valence electrons. The molecule has 1 amide bonds. The maximum atomic E-state index is 13.9. The van der Waals surface area contributed by atoms with E-state index >= 15 is 0 Å². The lowest BCUT2D eigenvalue weighted by molar-refractivity contribution is -0.116. The Morgan fingerprint density at radius 3 is 2.84 bits per heavy atom. The molecule has 3 nitrogen and oxygen atoms in total. The number of hydrogen-bond acceptors (Lipinski definition) is 3. The van der Waals surface area contributed by atoms with Crippen LogP contribution in [-0.4, -0.2) is 25.2 Å². The molecule has 0 radical (unpaired) electrons. The highest BCUT2D eigenvalue weighted by atomic mass is 32.1. The predicted molar refractivity (Wildman–Crippen MR) is 74.6 cm³/mol. The van der Waals surface area contributed by atoms with Crippen molar-refractivity contribution in [2.75, 3.05) is 18.5 Å². The number of thiophene rings is 1. The van der Waals surface area contributed by atoms with Crippen LogP contribution in [0.25, 0.3) is 0 Å². The maximum absolute atomic E-state index is 13.9. The molecule has 0 bridgehead atoms. The average molecular weight is 274 g/mol. The van der Waals surface area contributed by atoms with Crippen molar-refractivity contribution in [3.63, 3.8) is 0 Å². The van der Waals surface area contributed by atoms with Crippen LogP contribution in [-0.2, 0) is 4.79 Å². The lowest BCUT2D eigenvalue weighted by Gasteiger charge is -2.13. The van der Waals surface area contributed by atoms with Gasteiger partial charge in [0.1, 0.15) is 17.4 Å². The normalized spacial score (nSPS) is 14.9. The largest absolute Gasteiger partial charge is 0.305 e. The van der Waals surface area contributed by atoms with Gasteiger partial charge in [-0.15, -0.1) is 11.3 Å². The molecule has 3 rings (SSSR count). The summed E-state index contributed by atoms with van der Waals surface area (Å²) in [7, 11) is 1.72. The number of carbonyl (C=O) groups is 1. The number of anilines is 1. The van der Waals surface area contributed by atoms with Crippen molar-refractivity contribution in [1.82, 2.24) is 0 Å². The van der Waals surface area contributed by atoms with Crippen molar-refractivity contribution in [3.05, 3.63) is 52.7 Å². The van der Waals surface area contributed by atoms with Crippen molar-refractivity contribution >= 4 is 28.0 Å². The van der Waals surface area contributed by atoms with Gasteiger partial charge in [-0.1, -0.05) is 12.1 Å². The van der Waals surface area contributed by atoms with E-state index in [0.717, 1.165) is 10.6 Å². The first-order valence-corrected chi connectivity index (χ1v) is 6.70. The Labute approximate surface area is 114 Å². The molecule has 1 aliphatic heterocycles. The van der Waals surface area contributed by atoms with Crippen molar-refractivity contribution < 1.29 is 9.18 Å². The van der Waals surface area contributed by atoms with Crippen LogP contribution in [0.1, 0.15) is 11.1 Å². The first-order valence-electron chi connectivity index (χ1n) is 5.82. The number of aliphatic imine (C=N–C) groups is 1. The molecular formula is C14H11FN2OS. The molecule has 0 unspecified atom stereocenters. The van der Waals surface area contributed by atoms with Gasteiger partial charge in [-0.2, -0.15) is 0 Å². The fourth-order valence-corrected chi connectivity index (χ4v) is 2.96. The molecule has 2 heterocycles. The van der Waals surface area contributed by atoms with Gasteiger partial charge in [-0.05, 0) is 23.6 Å². The second kappa shape index (κ2) is 4.59. The zero-order valence-electron chi connectivity index (χ0n) is 10.3. The molecule has 19 heavy (non-hydrogen) atoms. The highest BCUT2D eigenvalue weighted by Gasteiger charge is 2.24. The van der Waals surface area contributed by atoms with E-state index in [9.17, 15) is 9.18 Å². The second-order valence-electron chi connectivity index (χ2n) is 4.24. The van der Waals surface area contributed by atoms with Gasteiger partial charge >= 0.3 is 0 Å². The SMILES string of the molecule is CN1C(=O)CN=C(c2ccccc2F)c2ccsc21. The molecule has 5 heteroatoms. The highest BCUT2D eigenvalue weighted by molar-refractivity contribution is 7.14. The molecule has 2 aromatic rings. The first-order chi connectivity index (χ1) is 9.18. The Balaban J connectivity index is 2.20. The zero-order valence-corrected chi connectivity index (χ0v) is 11.1. The number of benzene rings is 1. The van der Waals surface area contributed by atoms with Crippen LogP contribution in [0, 0.1) is 5.82 Å². The smallest absolute Gasteiger partial charge is 0.249 e. The number of halogens is 1. The summed E-state index contributed by atoms with van der Waals surface area (Å²) in [5.41, 5.74) is 1.79. The standard InChI is InChI=1S/C14H11FN2OS/c1-17-12(18)8-16-13(10-6-7-19-14(10)17)9-4-2-3-5-11(9)15/h2-7H,8H2,1H3. The molecule has 0 spiro atoms. The minimum absolute atomic E-state index is 0.0432. The molecule has 0 atom stereocenters. The number of nitrogens with zero attached hydrogens (tertiary/aromatic N) is 2. The third kappa shape index (κ3) is 1.96. The van der Waals surface area contributed by atoms with Gasteiger partial charge in [0.2, 0.25) is 5.91 Å². The number of hydrogen-bond donors (Lipinski definition) is 0. The third-order valence-electron chi connectivity index (χ3n) is 3.08. The average Bonchev–Trinajstić information content (AvgIpc) is 2.85. The molecule has 1 aromatic carbocycles. The van der Waals surface area contributed by atoms with Crippen LogP contribution in [0.2, 0.25) is 0 Å². The maximum Gasteiger partial charge on any atom is 0.249 e. The van der Waals surface area contributed by atoms with E-state index < -0.39 is 0 Å². The molecular weight excluding hydrogens is 263 g/mol. The Morgan fingerprint density at radius 2 is 2.05 bits per heavy atom. The van der Waals surface area contributed by atoms with E-state index in [0.29, 0.717) is 11.3 Å². The monoisotopic (exact) mass is 274 g/mol. The Kier molecular flexibility index (Phi) is 2.91. The zero-order chi connectivity index (χ0) is 13.4. The molecule has 1 aliphatic rings. The molecule has 0 aliphatic carbocycles. The van der Waals surface area contributed by atoms with Gasteiger partial charge < -0.3 is 4.90 Å². The van der Waals surface area contributed by atoms with Crippen molar-refractivity contribution in [3.8, 4) is 0 Å². The molecule has 1 aromatic heterocycles. The lowest BCUT2D eigenvalue weighted by atomic mass is 10.0. The van der Waals surface area contributed by atoms with Crippen LogP contribution < -0.4 is 4.90 Å². The van der Waals surface area contributed by atoms with Gasteiger partial charge in [-0.25, -0.2) is 4.39 Å². The fraction of sp³-hybridized carbons (Fsp3) is 0.143. The second-order valence-corrected chi connectivity index (χ2v) is 5.13. The minimum atomic E-state index is -0.324. The number of rotatable bonds is 1. The Morgan fingerprint density at radius 1 is 1.26 bits per heavy atom. The van der Waals surface area contributed by atoms with Crippen LogP contribution in [0.4, 0.5) is 9.39 Å². The molecule has 0 N–H and O–H groups in total. The predicted octanol–water partition coefficient (Wildman–Crippen LogP) is 2.70. The summed E-state index contributed by atoms with van der Waals surface area (Å²) in [5, 5.41) is 2.69. The topological polar surface area (TPSA) is 32.7 Å². The van der Waals surface area contributed by atoms with E-state index in [4.69, 9.17) is 0 Å². The van der Waals surface area contributed by atoms with E-state index in [-0.39, 0.29) is 18.3 Å². The van der Waals surface area contributed by atoms with Crippen molar-refractivity contribution in [1.29, 1.82) is 0 Å². The van der Waals surface area contributed by atoms with Crippen LogP contribution in [0.3, 0.4) is 0 Å². The van der Waals surface area contributed by atoms with Gasteiger partial charge in [0.25, 0.3) is 0 Å². The quantitative estimate of drug-likeness (QED) is 0.787. The Hall–Kier alpha value is -2.01. The fourth-order valence-electron chi connectivity index (χ4n) is 2.08. The summed E-state index contributed by atoms with van der Waals surface area (Å²) in [6.07, 6.45) is 0. The number of carbonyl (C=O) groups excluding carboxylic acids is 1. The van der Waals surface area contributed by atoms with E-state index in [1.54, 1.807) is 30.1 Å². The Bertz CT molecular complexity index is 678. The molecule has 0 saturated carbocycles. The summed E-state index contributed by atoms with van der Waals surface area (Å²) >= 11 is 1.46.